The van der Waals surface area contributed by atoms with E-state index >= 15 is 0 Å². The van der Waals surface area contributed by atoms with Crippen LogP contribution in [-0.4, -0.2) is 41.7 Å². The van der Waals surface area contributed by atoms with Gasteiger partial charge in [-0.3, -0.25) is 9.69 Å². The average Bonchev–Trinajstić information content (AvgIpc) is 2.50. The van der Waals surface area contributed by atoms with E-state index in [4.69, 9.17) is 0 Å². The zero-order chi connectivity index (χ0) is 15.2. The minimum atomic E-state index is -0.247. The fraction of sp³-hybridized carbons (Fsp3) is 0.588. The molecule has 4 heteroatoms. The molecule has 0 aliphatic heterocycles. The van der Waals surface area contributed by atoms with E-state index in [1.54, 1.807) is 0 Å². The Balaban J connectivity index is 2.05. The Bertz CT molecular complexity index is 441. The molecule has 1 amide bonds. The molecule has 0 radical (unpaired) electrons. The van der Waals surface area contributed by atoms with Gasteiger partial charge in [0.2, 0.25) is 5.91 Å². The zero-order valence-corrected chi connectivity index (χ0v) is 13.0. The third-order valence-corrected chi connectivity index (χ3v) is 4.35. The van der Waals surface area contributed by atoms with Crippen molar-refractivity contribution in [2.24, 2.45) is 0 Å². The van der Waals surface area contributed by atoms with Crippen molar-refractivity contribution in [2.45, 2.75) is 50.8 Å². The Morgan fingerprint density at radius 1 is 1.29 bits per heavy atom. The Morgan fingerprint density at radius 3 is 2.48 bits per heavy atom. The predicted molar refractivity (Wildman–Crippen MR) is 83.9 cm³/mol. The van der Waals surface area contributed by atoms with Crippen LogP contribution < -0.4 is 5.32 Å². The predicted octanol–water partition coefficient (Wildman–Crippen LogP) is 2.10. The van der Waals surface area contributed by atoms with E-state index in [2.05, 4.69) is 17.1 Å². The van der Waals surface area contributed by atoms with Crippen LogP contribution in [0.15, 0.2) is 30.3 Å². The lowest BCUT2D eigenvalue weighted by atomic mass is 9.92. The van der Waals surface area contributed by atoms with E-state index < -0.39 is 0 Å². The van der Waals surface area contributed by atoms with Crippen molar-refractivity contribution in [1.82, 2.24) is 10.2 Å². The van der Waals surface area contributed by atoms with E-state index in [1.807, 2.05) is 37.4 Å². The van der Waals surface area contributed by atoms with E-state index in [1.165, 1.54) is 0 Å². The van der Waals surface area contributed by atoms with Gasteiger partial charge in [0.15, 0.2) is 0 Å². The van der Waals surface area contributed by atoms with Gasteiger partial charge in [-0.25, -0.2) is 0 Å². The smallest absolute Gasteiger partial charge is 0.242 e. The Kier molecular flexibility index (Phi) is 5.76. The lowest BCUT2D eigenvalue weighted by Crippen LogP contribution is -2.45. The molecule has 1 aliphatic rings. The van der Waals surface area contributed by atoms with Crippen molar-refractivity contribution in [3.05, 3.63) is 35.9 Å². The second-order valence-electron chi connectivity index (χ2n) is 5.90. The van der Waals surface area contributed by atoms with Crippen molar-refractivity contribution in [2.75, 3.05) is 13.6 Å². The minimum Gasteiger partial charge on any atom is -0.393 e. The third kappa shape index (κ3) is 4.29. The first-order valence-electron chi connectivity index (χ1n) is 7.85. The number of hydrogen-bond donors (Lipinski definition) is 2. The molecule has 1 fully saturated rings. The number of carbonyl (C=O) groups is 1. The van der Waals surface area contributed by atoms with Gasteiger partial charge in [0.05, 0.1) is 6.10 Å². The number of benzene rings is 1. The second-order valence-corrected chi connectivity index (χ2v) is 5.90. The first kappa shape index (κ1) is 16.0. The summed E-state index contributed by atoms with van der Waals surface area (Å²) in [5.41, 5.74) is 1.02. The van der Waals surface area contributed by atoms with Crippen LogP contribution >= 0.6 is 0 Å². The maximum atomic E-state index is 12.7. The molecular weight excluding hydrogens is 264 g/mol. The molecule has 0 bridgehead atoms. The molecule has 4 nitrogen and oxygen atoms in total. The lowest BCUT2D eigenvalue weighted by Gasteiger charge is -2.31. The van der Waals surface area contributed by atoms with Crippen LogP contribution in [-0.2, 0) is 4.79 Å². The summed E-state index contributed by atoms with van der Waals surface area (Å²) in [5.74, 6) is 0.0620. The van der Waals surface area contributed by atoms with Gasteiger partial charge in [-0.1, -0.05) is 37.3 Å². The largest absolute Gasteiger partial charge is 0.393 e. The van der Waals surface area contributed by atoms with E-state index in [0.29, 0.717) is 0 Å². The van der Waals surface area contributed by atoms with Crippen LogP contribution in [0.25, 0.3) is 0 Å². The first-order chi connectivity index (χ1) is 10.1. The average molecular weight is 290 g/mol. The van der Waals surface area contributed by atoms with E-state index in [0.717, 1.165) is 37.8 Å². The number of nitrogens with zero attached hydrogens (tertiary/aromatic N) is 1. The summed E-state index contributed by atoms with van der Waals surface area (Å²) in [5, 5.41) is 12.7. The third-order valence-electron chi connectivity index (χ3n) is 4.35. The van der Waals surface area contributed by atoms with Crippen molar-refractivity contribution in [3.8, 4) is 0 Å². The van der Waals surface area contributed by atoms with Gasteiger partial charge < -0.3 is 10.4 Å². The highest BCUT2D eigenvalue weighted by atomic mass is 16.3. The molecule has 0 aromatic heterocycles. The molecule has 1 atom stereocenters. The molecule has 0 spiro atoms. The van der Waals surface area contributed by atoms with E-state index in [9.17, 15) is 9.90 Å². The minimum absolute atomic E-state index is 0.0620. The van der Waals surface area contributed by atoms with Gasteiger partial charge in [-0.2, -0.15) is 0 Å². The maximum absolute atomic E-state index is 12.7. The van der Waals surface area contributed by atoms with Crippen LogP contribution in [0.4, 0.5) is 0 Å². The number of aliphatic hydroxyl groups is 1. The highest BCUT2D eigenvalue weighted by Gasteiger charge is 2.27. The van der Waals surface area contributed by atoms with Crippen LogP contribution in [0.2, 0.25) is 0 Å². The Labute approximate surface area is 127 Å². The molecule has 21 heavy (non-hydrogen) atoms. The molecule has 1 saturated carbocycles. The standard InChI is InChI=1S/C17H26N2O2/c1-3-19(2)16(13-7-5-4-6-8-13)17(21)18-14-9-11-15(20)12-10-14/h4-8,14-16,20H,3,9-12H2,1-2H3,(H,18,21). The van der Waals surface area contributed by atoms with Crippen LogP contribution in [0.1, 0.15) is 44.2 Å². The van der Waals surface area contributed by atoms with Gasteiger partial charge >= 0.3 is 0 Å². The van der Waals surface area contributed by atoms with Crippen molar-refractivity contribution < 1.29 is 9.90 Å². The maximum Gasteiger partial charge on any atom is 0.242 e. The van der Waals surface area contributed by atoms with Crippen molar-refractivity contribution in [3.63, 3.8) is 0 Å². The summed E-state index contributed by atoms with van der Waals surface area (Å²) in [6, 6.07) is 9.85. The molecule has 1 unspecified atom stereocenters. The summed E-state index contributed by atoms with van der Waals surface area (Å²) in [7, 11) is 1.97. The topological polar surface area (TPSA) is 52.6 Å². The van der Waals surface area contributed by atoms with Gasteiger partial charge in [0.1, 0.15) is 6.04 Å². The van der Waals surface area contributed by atoms with Gasteiger partial charge in [0, 0.05) is 6.04 Å². The van der Waals surface area contributed by atoms with Crippen molar-refractivity contribution in [1.29, 1.82) is 0 Å². The quantitative estimate of drug-likeness (QED) is 0.873. The first-order valence-corrected chi connectivity index (χ1v) is 7.85. The highest BCUT2D eigenvalue weighted by molar-refractivity contribution is 5.83. The number of carbonyl (C=O) groups excluding carboxylic acids is 1. The van der Waals surface area contributed by atoms with Crippen LogP contribution in [0.5, 0.6) is 0 Å². The van der Waals surface area contributed by atoms with Gasteiger partial charge in [0.25, 0.3) is 0 Å². The number of aliphatic hydroxyl groups excluding tert-OH is 1. The second kappa shape index (κ2) is 7.57. The summed E-state index contributed by atoms with van der Waals surface area (Å²) in [4.78, 5) is 14.7. The van der Waals surface area contributed by atoms with Gasteiger partial charge in [-0.15, -0.1) is 0 Å². The zero-order valence-electron chi connectivity index (χ0n) is 13.0. The molecule has 1 aromatic rings. The number of rotatable bonds is 5. The number of hydrogen-bond acceptors (Lipinski definition) is 3. The molecule has 0 saturated heterocycles. The lowest BCUT2D eigenvalue weighted by molar-refractivity contribution is -0.127. The van der Waals surface area contributed by atoms with Crippen LogP contribution in [0.3, 0.4) is 0 Å². The fourth-order valence-corrected chi connectivity index (χ4v) is 2.92. The highest BCUT2D eigenvalue weighted by Crippen LogP contribution is 2.22. The fourth-order valence-electron chi connectivity index (χ4n) is 2.92. The van der Waals surface area contributed by atoms with Crippen molar-refractivity contribution >= 4 is 5.91 Å². The molecule has 2 N–H and O–H groups in total. The normalized spacial score (nSPS) is 23.8. The number of amides is 1. The number of likely N-dealkylation sites (N-methyl/N-ethyl adjacent to an activating group) is 1. The SMILES string of the molecule is CCN(C)C(C(=O)NC1CCC(O)CC1)c1ccccc1. The van der Waals surface area contributed by atoms with Gasteiger partial charge in [-0.05, 0) is 44.8 Å². The Morgan fingerprint density at radius 2 is 1.90 bits per heavy atom. The molecule has 2 rings (SSSR count). The monoisotopic (exact) mass is 290 g/mol. The molecule has 0 heterocycles. The van der Waals surface area contributed by atoms with Crippen LogP contribution in [0, 0.1) is 0 Å². The summed E-state index contributed by atoms with van der Waals surface area (Å²) >= 11 is 0. The molecule has 1 aliphatic carbocycles. The van der Waals surface area contributed by atoms with E-state index in [-0.39, 0.29) is 24.1 Å². The molecular formula is C17H26N2O2. The summed E-state index contributed by atoms with van der Waals surface area (Å²) in [6.07, 6.45) is 3.10. The summed E-state index contributed by atoms with van der Waals surface area (Å²) in [6.45, 7) is 2.87. The number of nitrogens with one attached hydrogen (secondary N) is 1. The summed E-state index contributed by atoms with van der Waals surface area (Å²) < 4.78 is 0. The molecule has 1 aromatic carbocycles. The molecule has 116 valence electrons. The Hall–Kier alpha value is -1.39.